The second-order valence-corrected chi connectivity index (χ2v) is 10.5. The molecule has 0 fully saturated rings. The van der Waals surface area contributed by atoms with Crippen LogP contribution in [-0.2, 0) is 14.3 Å². The lowest BCUT2D eigenvalue weighted by molar-refractivity contribution is -0.148. The van der Waals surface area contributed by atoms with Crippen LogP contribution in [0.1, 0.15) is 65.1 Å². The van der Waals surface area contributed by atoms with Gasteiger partial charge in [0.15, 0.2) is 0 Å². The predicted octanol–water partition coefficient (Wildman–Crippen LogP) is 5.38. The number of nitrogens with zero attached hydrogens (tertiary/aromatic N) is 2. The minimum atomic E-state index is -1.34. The third-order valence-corrected chi connectivity index (χ3v) is 6.04. The lowest BCUT2D eigenvalue weighted by Gasteiger charge is -2.41. The SMILES string of the molecule is CCOC(=O)C(I)OC(=O)N(C(=O)c1cccc(OC)c1C)N(C(=O)c1cc(C)cc(C)c1)C(C)(C)C. The van der Waals surface area contributed by atoms with E-state index < -0.39 is 33.5 Å². The van der Waals surface area contributed by atoms with Gasteiger partial charge in [-0.25, -0.2) is 14.6 Å². The number of methoxy groups -OCH3 is 1. The summed E-state index contributed by atoms with van der Waals surface area (Å²) < 4.78 is 14.3. The van der Waals surface area contributed by atoms with E-state index in [0.717, 1.165) is 16.1 Å². The molecule has 0 saturated carbocycles. The zero-order valence-electron chi connectivity index (χ0n) is 22.4. The molecule has 2 rings (SSSR count). The topological polar surface area (TPSA) is 102 Å². The molecule has 0 N–H and O–H groups in total. The number of hydrogen-bond donors (Lipinski definition) is 0. The van der Waals surface area contributed by atoms with Crippen LogP contribution in [-0.4, -0.2) is 57.3 Å². The first-order valence-electron chi connectivity index (χ1n) is 11.6. The summed E-state index contributed by atoms with van der Waals surface area (Å²) >= 11 is 1.60. The van der Waals surface area contributed by atoms with Crippen LogP contribution in [0.3, 0.4) is 0 Å². The van der Waals surface area contributed by atoms with Crippen LogP contribution >= 0.6 is 22.6 Å². The normalized spacial score (nSPS) is 11.8. The van der Waals surface area contributed by atoms with Gasteiger partial charge < -0.3 is 14.2 Å². The number of aryl methyl sites for hydroxylation is 2. The molecule has 0 bridgehead atoms. The van der Waals surface area contributed by atoms with Crippen molar-refractivity contribution in [2.24, 2.45) is 0 Å². The monoisotopic (exact) mass is 624 g/mol. The molecule has 0 saturated heterocycles. The maximum absolute atomic E-state index is 14.0. The van der Waals surface area contributed by atoms with Gasteiger partial charge in [-0.3, -0.25) is 9.59 Å². The van der Waals surface area contributed by atoms with Crippen LogP contribution < -0.4 is 4.74 Å². The van der Waals surface area contributed by atoms with Gasteiger partial charge in [0.05, 0.1) is 19.3 Å². The molecule has 0 aliphatic heterocycles. The van der Waals surface area contributed by atoms with E-state index in [2.05, 4.69) is 0 Å². The number of alkyl halides is 1. The summed E-state index contributed by atoms with van der Waals surface area (Å²) in [6, 6.07) is 10.1. The predicted molar refractivity (Wildman–Crippen MR) is 147 cm³/mol. The molecular formula is C27H33IN2O7. The molecule has 37 heavy (non-hydrogen) atoms. The molecule has 0 aliphatic rings. The highest BCUT2D eigenvalue weighted by atomic mass is 127. The first-order chi connectivity index (χ1) is 17.2. The third kappa shape index (κ3) is 7.21. The second kappa shape index (κ2) is 12.4. The fraction of sp³-hybridized carbons (Fsp3) is 0.407. The van der Waals surface area contributed by atoms with Crippen molar-refractivity contribution in [3.63, 3.8) is 0 Å². The number of hydrazine groups is 1. The van der Waals surface area contributed by atoms with Gasteiger partial charge in [-0.05, 0) is 95.3 Å². The van der Waals surface area contributed by atoms with Crippen molar-refractivity contribution in [1.29, 1.82) is 0 Å². The number of hydrogen-bond acceptors (Lipinski definition) is 7. The number of benzene rings is 2. The van der Waals surface area contributed by atoms with Crippen LogP contribution in [0, 0.1) is 20.8 Å². The molecule has 0 heterocycles. The minimum Gasteiger partial charge on any atom is -0.496 e. The molecule has 2 aromatic carbocycles. The van der Waals surface area contributed by atoms with Gasteiger partial charge in [-0.1, -0.05) is 23.3 Å². The Hall–Kier alpha value is -3.15. The van der Waals surface area contributed by atoms with Gasteiger partial charge in [-0.2, -0.15) is 0 Å². The summed E-state index contributed by atoms with van der Waals surface area (Å²) in [6.07, 6.45) is -1.20. The fourth-order valence-corrected chi connectivity index (χ4v) is 4.14. The first kappa shape index (κ1) is 30.1. The van der Waals surface area contributed by atoms with Crippen molar-refractivity contribution in [1.82, 2.24) is 10.0 Å². The Bertz CT molecular complexity index is 1170. The maximum atomic E-state index is 14.0. The van der Waals surface area contributed by atoms with Gasteiger partial charge in [-0.15, -0.1) is 5.01 Å². The first-order valence-corrected chi connectivity index (χ1v) is 12.9. The van der Waals surface area contributed by atoms with Crippen molar-refractivity contribution in [3.8, 4) is 5.75 Å². The molecule has 10 heteroatoms. The van der Waals surface area contributed by atoms with E-state index in [1.807, 2.05) is 19.9 Å². The molecule has 0 aromatic heterocycles. The average molecular weight is 624 g/mol. The number of imide groups is 1. The Kier molecular flexibility index (Phi) is 10.1. The fourth-order valence-electron chi connectivity index (χ4n) is 3.75. The highest BCUT2D eigenvalue weighted by molar-refractivity contribution is 14.1. The Labute approximate surface area is 231 Å². The van der Waals surface area contributed by atoms with E-state index in [4.69, 9.17) is 14.2 Å². The van der Waals surface area contributed by atoms with Crippen molar-refractivity contribution in [2.75, 3.05) is 13.7 Å². The second-order valence-electron chi connectivity index (χ2n) is 9.37. The molecular weight excluding hydrogens is 591 g/mol. The van der Waals surface area contributed by atoms with Crippen molar-refractivity contribution in [2.45, 2.75) is 58.1 Å². The van der Waals surface area contributed by atoms with E-state index in [1.54, 1.807) is 81.5 Å². The summed E-state index contributed by atoms with van der Waals surface area (Å²) in [5.41, 5.74) is 1.52. The summed E-state index contributed by atoms with van der Waals surface area (Å²) in [7, 11) is 1.47. The van der Waals surface area contributed by atoms with E-state index in [1.165, 1.54) is 13.2 Å². The molecule has 2 aromatic rings. The van der Waals surface area contributed by atoms with Crippen LogP contribution in [0.4, 0.5) is 4.79 Å². The summed E-state index contributed by atoms with van der Waals surface area (Å²) in [4.78, 5) is 53.6. The number of ether oxygens (including phenoxy) is 3. The van der Waals surface area contributed by atoms with E-state index in [9.17, 15) is 19.2 Å². The summed E-state index contributed by atoms with van der Waals surface area (Å²) in [5, 5.41) is 1.70. The van der Waals surface area contributed by atoms with Gasteiger partial charge >= 0.3 is 12.1 Å². The van der Waals surface area contributed by atoms with Gasteiger partial charge in [0, 0.05) is 16.7 Å². The minimum absolute atomic E-state index is 0.0842. The average Bonchev–Trinajstić information content (AvgIpc) is 2.80. The largest absolute Gasteiger partial charge is 0.496 e. The van der Waals surface area contributed by atoms with E-state index in [0.29, 0.717) is 16.3 Å². The Morgan fingerprint density at radius 2 is 1.57 bits per heavy atom. The van der Waals surface area contributed by atoms with Crippen molar-refractivity contribution >= 4 is 46.5 Å². The standard InChI is InChI=1S/C27H33IN2O7/c1-9-36-25(33)22(28)37-26(34)29(24(32)20-11-10-12-21(35-8)18(20)4)30(27(5,6)7)23(31)19-14-16(2)13-17(3)15-19/h10-15,22H,9H2,1-8H3. The van der Waals surface area contributed by atoms with E-state index in [-0.39, 0.29) is 17.7 Å². The molecule has 0 spiro atoms. The van der Waals surface area contributed by atoms with Crippen LogP contribution in [0.5, 0.6) is 5.75 Å². The lowest BCUT2D eigenvalue weighted by Crippen LogP contribution is -2.60. The third-order valence-electron chi connectivity index (χ3n) is 5.27. The van der Waals surface area contributed by atoms with E-state index >= 15 is 0 Å². The Morgan fingerprint density at radius 1 is 0.973 bits per heavy atom. The maximum Gasteiger partial charge on any atom is 0.438 e. The quantitative estimate of drug-likeness (QED) is 0.184. The molecule has 3 amide bonds. The number of carbonyl (C=O) groups is 4. The summed E-state index contributed by atoms with van der Waals surface area (Å²) in [6.45, 7) is 12.1. The highest BCUT2D eigenvalue weighted by Crippen LogP contribution is 2.28. The van der Waals surface area contributed by atoms with Crippen LogP contribution in [0.2, 0.25) is 0 Å². The zero-order chi connectivity index (χ0) is 28.1. The molecule has 1 atom stereocenters. The molecule has 9 nitrogen and oxygen atoms in total. The summed E-state index contributed by atoms with van der Waals surface area (Å²) in [5.74, 6) is -1.77. The Morgan fingerprint density at radius 3 is 2.08 bits per heavy atom. The lowest BCUT2D eigenvalue weighted by atomic mass is 10.0. The smallest absolute Gasteiger partial charge is 0.438 e. The number of esters is 1. The number of carbonyl (C=O) groups excluding carboxylic acids is 4. The van der Waals surface area contributed by atoms with Crippen LogP contribution in [0.15, 0.2) is 36.4 Å². The van der Waals surface area contributed by atoms with Crippen molar-refractivity contribution in [3.05, 3.63) is 64.2 Å². The highest BCUT2D eigenvalue weighted by Gasteiger charge is 2.42. The van der Waals surface area contributed by atoms with Gasteiger partial charge in [0.2, 0.25) is 4.11 Å². The molecule has 0 radical (unpaired) electrons. The number of amides is 3. The van der Waals surface area contributed by atoms with Gasteiger partial charge in [0.25, 0.3) is 11.8 Å². The Balaban J connectivity index is 2.70. The van der Waals surface area contributed by atoms with Crippen LogP contribution in [0.25, 0.3) is 0 Å². The zero-order valence-corrected chi connectivity index (χ0v) is 24.5. The number of halogens is 1. The van der Waals surface area contributed by atoms with Crippen molar-refractivity contribution < 1.29 is 33.4 Å². The number of rotatable bonds is 6. The molecule has 200 valence electrons. The van der Waals surface area contributed by atoms with Gasteiger partial charge in [0.1, 0.15) is 5.75 Å². The molecule has 1 unspecified atom stereocenters. The molecule has 0 aliphatic carbocycles.